The molecule has 0 heterocycles. The molecule has 0 aromatic rings. The molecular formula is C9H18O2. The van der Waals surface area contributed by atoms with E-state index in [1.807, 2.05) is 6.08 Å². The van der Waals surface area contributed by atoms with Crippen molar-refractivity contribution in [2.45, 2.75) is 32.3 Å². The predicted molar refractivity (Wildman–Crippen MR) is 46.5 cm³/mol. The van der Waals surface area contributed by atoms with Gasteiger partial charge >= 0.3 is 0 Å². The van der Waals surface area contributed by atoms with E-state index < -0.39 is 0 Å². The largest absolute Gasteiger partial charge is 0.392 e. The van der Waals surface area contributed by atoms with Gasteiger partial charge in [-0.25, -0.2) is 0 Å². The number of hydrogen-bond donors (Lipinski definition) is 1. The standard InChI is InChI=1S/C9H18O2/c1-3-4-6-9(11-2)7-5-8-10/h5,7,9-10H,3-4,6,8H2,1-2H3/b7-5-/t9-/m0/s1. The zero-order valence-corrected chi connectivity index (χ0v) is 7.42. The summed E-state index contributed by atoms with van der Waals surface area (Å²) in [5.41, 5.74) is 0. The highest BCUT2D eigenvalue weighted by Crippen LogP contribution is 2.04. The maximum Gasteiger partial charge on any atom is 0.0752 e. The van der Waals surface area contributed by atoms with Crippen LogP contribution in [0.15, 0.2) is 12.2 Å². The highest BCUT2D eigenvalue weighted by Gasteiger charge is 1.99. The lowest BCUT2D eigenvalue weighted by atomic mass is 10.1. The average molecular weight is 158 g/mol. The minimum atomic E-state index is 0.103. The Labute approximate surface area is 68.9 Å². The first-order valence-corrected chi connectivity index (χ1v) is 4.15. The first kappa shape index (κ1) is 10.7. The Bertz CT molecular complexity index is 99.7. The number of rotatable bonds is 6. The van der Waals surface area contributed by atoms with Crippen LogP contribution in [0, 0.1) is 0 Å². The van der Waals surface area contributed by atoms with Gasteiger partial charge in [0.2, 0.25) is 0 Å². The lowest BCUT2D eigenvalue weighted by Gasteiger charge is -2.08. The number of aliphatic hydroxyl groups is 1. The Morgan fingerprint density at radius 3 is 2.73 bits per heavy atom. The van der Waals surface area contributed by atoms with Crippen LogP contribution < -0.4 is 0 Å². The van der Waals surface area contributed by atoms with Crippen LogP contribution in [0.4, 0.5) is 0 Å². The molecule has 1 atom stereocenters. The number of hydrogen-bond acceptors (Lipinski definition) is 2. The van der Waals surface area contributed by atoms with Crippen molar-refractivity contribution in [2.75, 3.05) is 13.7 Å². The lowest BCUT2D eigenvalue weighted by molar-refractivity contribution is 0.131. The van der Waals surface area contributed by atoms with Crippen molar-refractivity contribution in [3.63, 3.8) is 0 Å². The highest BCUT2D eigenvalue weighted by molar-refractivity contribution is 4.88. The van der Waals surface area contributed by atoms with E-state index in [4.69, 9.17) is 9.84 Å². The Morgan fingerprint density at radius 2 is 2.27 bits per heavy atom. The van der Waals surface area contributed by atoms with Crippen LogP contribution >= 0.6 is 0 Å². The fraction of sp³-hybridized carbons (Fsp3) is 0.778. The first-order chi connectivity index (χ1) is 5.35. The molecular weight excluding hydrogens is 140 g/mol. The van der Waals surface area contributed by atoms with Crippen molar-refractivity contribution in [3.8, 4) is 0 Å². The van der Waals surface area contributed by atoms with Gasteiger partial charge in [-0.15, -0.1) is 0 Å². The summed E-state index contributed by atoms with van der Waals surface area (Å²) in [4.78, 5) is 0. The van der Waals surface area contributed by atoms with Crippen LogP contribution in [0.1, 0.15) is 26.2 Å². The zero-order chi connectivity index (χ0) is 8.53. The molecule has 66 valence electrons. The number of ether oxygens (including phenoxy) is 1. The molecule has 0 rings (SSSR count). The highest BCUT2D eigenvalue weighted by atomic mass is 16.5. The molecule has 0 spiro atoms. The molecule has 0 fully saturated rings. The van der Waals surface area contributed by atoms with Gasteiger partial charge in [0.15, 0.2) is 0 Å². The smallest absolute Gasteiger partial charge is 0.0752 e. The van der Waals surface area contributed by atoms with E-state index in [1.165, 1.54) is 12.8 Å². The first-order valence-electron chi connectivity index (χ1n) is 4.15. The third kappa shape index (κ3) is 6.07. The van der Waals surface area contributed by atoms with Crippen molar-refractivity contribution < 1.29 is 9.84 Å². The van der Waals surface area contributed by atoms with Crippen molar-refractivity contribution in [3.05, 3.63) is 12.2 Å². The molecule has 2 heteroatoms. The van der Waals surface area contributed by atoms with E-state index in [9.17, 15) is 0 Å². The monoisotopic (exact) mass is 158 g/mol. The van der Waals surface area contributed by atoms with E-state index in [0.29, 0.717) is 0 Å². The SMILES string of the molecule is CCCC[C@@H](/C=C\CO)OC. The second-order valence-electron chi connectivity index (χ2n) is 2.53. The summed E-state index contributed by atoms with van der Waals surface area (Å²) in [5.74, 6) is 0. The van der Waals surface area contributed by atoms with Crippen LogP contribution in [0.5, 0.6) is 0 Å². The summed E-state index contributed by atoms with van der Waals surface area (Å²) in [6.07, 6.45) is 7.23. The van der Waals surface area contributed by atoms with Crippen molar-refractivity contribution in [2.24, 2.45) is 0 Å². The Morgan fingerprint density at radius 1 is 1.55 bits per heavy atom. The molecule has 0 unspecified atom stereocenters. The summed E-state index contributed by atoms with van der Waals surface area (Å²) in [5, 5.41) is 8.49. The van der Waals surface area contributed by atoms with Crippen molar-refractivity contribution >= 4 is 0 Å². The molecule has 0 radical (unpaired) electrons. The van der Waals surface area contributed by atoms with E-state index in [-0.39, 0.29) is 12.7 Å². The topological polar surface area (TPSA) is 29.5 Å². The van der Waals surface area contributed by atoms with Gasteiger partial charge in [0.25, 0.3) is 0 Å². The minimum absolute atomic E-state index is 0.103. The van der Waals surface area contributed by atoms with Gasteiger partial charge in [-0.2, -0.15) is 0 Å². The molecule has 0 aromatic carbocycles. The van der Waals surface area contributed by atoms with E-state index in [1.54, 1.807) is 13.2 Å². The summed E-state index contributed by atoms with van der Waals surface area (Å²) in [7, 11) is 1.70. The predicted octanol–water partition coefficient (Wildman–Crippen LogP) is 1.74. The lowest BCUT2D eigenvalue weighted by Crippen LogP contribution is -2.06. The third-order valence-electron chi connectivity index (χ3n) is 1.60. The Balaban J connectivity index is 3.48. The Hall–Kier alpha value is -0.340. The molecule has 0 saturated heterocycles. The second kappa shape index (κ2) is 7.76. The molecule has 0 amide bonds. The molecule has 11 heavy (non-hydrogen) atoms. The number of methoxy groups -OCH3 is 1. The van der Waals surface area contributed by atoms with Gasteiger partial charge in [0.1, 0.15) is 0 Å². The van der Waals surface area contributed by atoms with Gasteiger partial charge in [-0.1, -0.05) is 31.9 Å². The fourth-order valence-electron chi connectivity index (χ4n) is 0.911. The molecule has 0 aliphatic carbocycles. The molecule has 0 aliphatic heterocycles. The van der Waals surface area contributed by atoms with Crippen LogP contribution in [0.25, 0.3) is 0 Å². The summed E-state index contributed by atoms with van der Waals surface area (Å²) >= 11 is 0. The zero-order valence-electron chi connectivity index (χ0n) is 7.42. The van der Waals surface area contributed by atoms with Crippen LogP contribution in [-0.2, 0) is 4.74 Å². The summed E-state index contributed by atoms with van der Waals surface area (Å²) in [6.45, 7) is 2.26. The average Bonchev–Trinajstić information content (AvgIpc) is 2.05. The van der Waals surface area contributed by atoms with Crippen LogP contribution in [0.3, 0.4) is 0 Å². The molecule has 0 aliphatic rings. The summed E-state index contributed by atoms with van der Waals surface area (Å²) < 4.78 is 5.16. The van der Waals surface area contributed by atoms with Gasteiger partial charge in [-0.05, 0) is 6.42 Å². The van der Waals surface area contributed by atoms with Crippen molar-refractivity contribution in [1.82, 2.24) is 0 Å². The third-order valence-corrected chi connectivity index (χ3v) is 1.60. The summed E-state index contributed by atoms with van der Waals surface area (Å²) in [6, 6.07) is 0. The maximum absolute atomic E-state index is 8.49. The van der Waals surface area contributed by atoms with E-state index in [0.717, 1.165) is 6.42 Å². The molecule has 1 N–H and O–H groups in total. The van der Waals surface area contributed by atoms with Gasteiger partial charge in [0, 0.05) is 7.11 Å². The molecule has 0 bridgehead atoms. The van der Waals surface area contributed by atoms with Crippen molar-refractivity contribution in [1.29, 1.82) is 0 Å². The van der Waals surface area contributed by atoms with Gasteiger partial charge < -0.3 is 9.84 Å². The minimum Gasteiger partial charge on any atom is -0.392 e. The van der Waals surface area contributed by atoms with Gasteiger partial charge in [-0.3, -0.25) is 0 Å². The normalized spacial score (nSPS) is 14.1. The molecule has 0 aromatic heterocycles. The van der Waals surface area contributed by atoms with Gasteiger partial charge in [0.05, 0.1) is 12.7 Å². The van der Waals surface area contributed by atoms with Crippen LogP contribution in [0.2, 0.25) is 0 Å². The van der Waals surface area contributed by atoms with E-state index >= 15 is 0 Å². The molecule has 0 saturated carbocycles. The molecule has 2 nitrogen and oxygen atoms in total. The fourth-order valence-corrected chi connectivity index (χ4v) is 0.911. The Kier molecular flexibility index (Phi) is 7.52. The van der Waals surface area contributed by atoms with Crippen LogP contribution in [-0.4, -0.2) is 24.9 Å². The maximum atomic E-state index is 8.49. The van der Waals surface area contributed by atoms with E-state index in [2.05, 4.69) is 6.92 Å². The second-order valence-corrected chi connectivity index (χ2v) is 2.53. The number of unbranched alkanes of at least 4 members (excludes halogenated alkanes) is 1. The quantitative estimate of drug-likeness (QED) is 0.597. The number of aliphatic hydroxyl groups excluding tert-OH is 1.